The Kier molecular flexibility index (Phi) is 7.36. The normalized spacial score (nSPS) is 14.2. The molecule has 3 aromatic heterocycles. The summed E-state index contributed by atoms with van der Waals surface area (Å²) in [6, 6.07) is 10.2. The van der Waals surface area contributed by atoms with E-state index >= 15 is 0 Å². The molecule has 1 aliphatic heterocycles. The summed E-state index contributed by atoms with van der Waals surface area (Å²) in [5, 5.41) is 6.68. The maximum atomic E-state index is 14.7. The fraction of sp³-hybridized carbons (Fsp3) is 0.259. The molecule has 1 amide bonds. The lowest BCUT2D eigenvalue weighted by molar-refractivity contribution is -0.111. The van der Waals surface area contributed by atoms with Crippen LogP contribution in [0, 0.1) is 5.82 Å². The minimum absolute atomic E-state index is 0.0210. The number of nitrogens with one attached hydrogen (secondary N) is 2. The van der Waals surface area contributed by atoms with E-state index in [1.54, 1.807) is 24.5 Å². The maximum Gasteiger partial charge on any atom is 0.248 e. The Morgan fingerprint density at radius 2 is 1.97 bits per heavy atom. The first-order chi connectivity index (χ1) is 18.1. The number of nitrogens with zero attached hydrogens (tertiary/aromatic N) is 5. The van der Waals surface area contributed by atoms with Crippen molar-refractivity contribution in [3.8, 4) is 11.6 Å². The highest BCUT2D eigenvalue weighted by Gasteiger charge is 2.15. The predicted molar refractivity (Wildman–Crippen MR) is 141 cm³/mol. The number of anilines is 3. The molecule has 5 rings (SSSR count). The molecule has 4 heterocycles. The number of carbonyl (C=O) groups excluding carboxylic acids is 1. The van der Waals surface area contributed by atoms with Gasteiger partial charge in [-0.05, 0) is 56.3 Å². The molecule has 1 fully saturated rings. The molecular weight excluding hydrogens is 473 g/mol. The minimum Gasteiger partial charge on any atom is -0.494 e. The van der Waals surface area contributed by atoms with Crippen molar-refractivity contribution in [3.05, 3.63) is 73.0 Å². The number of piperidine rings is 1. The molecule has 1 saturated heterocycles. The lowest BCUT2D eigenvalue weighted by atomic mass is 10.1. The second-order valence-electron chi connectivity index (χ2n) is 8.75. The van der Waals surface area contributed by atoms with Crippen LogP contribution < -0.4 is 15.4 Å². The molecule has 0 saturated carbocycles. The van der Waals surface area contributed by atoms with Crippen LogP contribution in [0.3, 0.4) is 0 Å². The van der Waals surface area contributed by atoms with Gasteiger partial charge in [-0.3, -0.25) is 14.3 Å². The molecule has 0 unspecified atom stereocenters. The summed E-state index contributed by atoms with van der Waals surface area (Å²) in [6.07, 6.45) is 12.1. The topological polar surface area (TPSA) is 97.2 Å². The van der Waals surface area contributed by atoms with Gasteiger partial charge < -0.3 is 15.4 Å². The molecule has 10 heteroatoms. The smallest absolute Gasteiger partial charge is 0.248 e. The number of hydrogen-bond acceptors (Lipinski definition) is 7. The number of methoxy groups -OCH3 is 1. The summed E-state index contributed by atoms with van der Waals surface area (Å²) in [5.41, 5.74) is 1.20. The molecule has 1 aliphatic rings. The molecule has 2 N–H and O–H groups in total. The van der Waals surface area contributed by atoms with Crippen LogP contribution in [0.5, 0.6) is 5.75 Å². The number of rotatable bonds is 8. The molecule has 0 aliphatic carbocycles. The summed E-state index contributed by atoms with van der Waals surface area (Å²) in [5.74, 6) is 0.119. The largest absolute Gasteiger partial charge is 0.494 e. The number of benzene rings is 1. The van der Waals surface area contributed by atoms with E-state index in [1.807, 2.05) is 29.0 Å². The first kappa shape index (κ1) is 24.4. The fourth-order valence-corrected chi connectivity index (χ4v) is 4.36. The molecule has 190 valence electrons. The first-order valence-electron chi connectivity index (χ1n) is 12.2. The number of halogens is 1. The van der Waals surface area contributed by atoms with Crippen LogP contribution in [-0.4, -0.2) is 57.1 Å². The zero-order valence-corrected chi connectivity index (χ0v) is 20.5. The molecule has 4 aromatic rings. The molecule has 0 radical (unpaired) electrons. The van der Waals surface area contributed by atoms with Gasteiger partial charge >= 0.3 is 0 Å². The lowest BCUT2D eigenvalue weighted by Crippen LogP contribution is -2.29. The highest BCUT2D eigenvalue weighted by Crippen LogP contribution is 2.32. The highest BCUT2D eigenvalue weighted by molar-refractivity contribution is 6.00. The molecule has 1 aromatic carbocycles. The van der Waals surface area contributed by atoms with Crippen LogP contribution in [-0.2, 0) is 4.79 Å². The van der Waals surface area contributed by atoms with E-state index in [2.05, 4.69) is 30.5 Å². The third kappa shape index (κ3) is 5.75. The van der Waals surface area contributed by atoms with Crippen molar-refractivity contribution in [2.24, 2.45) is 0 Å². The van der Waals surface area contributed by atoms with E-state index in [-0.39, 0.29) is 17.4 Å². The summed E-state index contributed by atoms with van der Waals surface area (Å²) in [4.78, 5) is 28.0. The van der Waals surface area contributed by atoms with Gasteiger partial charge in [0.2, 0.25) is 11.9 Å². The Morgan fingerprint density at radius 1 is 1.11 bits per heavy atom. The van der Waals surface area contributed by atoms with Crippen molar-refractivity contribution in [2.45, 2.75) is 19.3 Å². The third-order valence-electron chi connectivity index (χ3n) is 6.21. The van der Waals surface area contributed by atoms with Gasteiger partial charge in [0, 0.05) is 42.7 Å². The van der Waals surface area contributed by atoms with E-state index < -0.39 is 11.7 Å². The van der Waals surface area contributed by atoms with Crippen molar-refractivity contribution in [1.82, 2.24) is 24.4 Å². The monoisotopic (exact) mass is 501 g/mol. The van der Waals surface area contributed by atoms with Crippen molar-refractivity contribution >= 4 is 34.3 Å². The molecule has 0 bridgehead atoms. The molecule has 37 heavy (non-hydrogen) atoms. The van der Waals surface area contributed by atoms with Crippen LogP contribution in [0.25, 0.3) is 16.9 Å². The number of fused-ring (bicyclic) bond motifs is 1. The van der Waals surface area contributed by atoms with Gasteiger partial charge in [-0.25, -0.2) is 14.4 Å². The van der Waals surface area contributed by atoms with Gasteiger partial charge in [0.25, 0.3) is 0 Å². The van der Waals surface area contributed by atoms with E-state index in [1.165, 1.54) is 44.6 Å². The van der Waals surface area contributed by atoms with Crippen molar-refractivity contribution in [1.29, 1.82) is 0 Å². The number of pyridine rings is 1. The zero-order valence-electron chi connectivity index (χ0n) is 20.5. The number of likely N-dealkylation sites (tertiary alicyclic amines) is 1. The van der Waals surface area contributed by atoms with Gasteiger partial charge in [-0.2, -0.15) is 4.98 Å². The number of amides is 1. The summed E-state index contributed by atoms with van der Waals surface area (Å²) >= 11 is 0. The average Bonchev–Trinajstić information content (AvgIpc) is 3.35. The van der Waals surface area contributed by atoms with Crippen LogP contribution in [0.4, 0.5) is 21.7 Å². The summed E-state index contributed by atoms with van der Waals surface area (Å²) in [6.45, 7) is 2.77. The van der Waals surface area contributed by atoms with Gasteiger partial charge in [0.15, 0.2) is 5.82 Å². The minimum atomic E-state index is -0.611. The van der Waals surface area contributed by atoms with Gasteiger partial charge in [-0.1, -0.05) is 12.5 Å². The number of ether oxygens (including phenoxy) is 1. The molecule has 0 atom stereocenters. The Balaban J connectivity index is 1.33. The van der Waals surface area contributed by atoms with E-state index in [0.717, 1.165) is 24.1 Å². The van der Waals surface area contributed by atoms with Gasteiger partial charge in [-0.15, -0.1) is 0 Å². The van der Waals surface area contributed by atoms with E-state index in [0.29, 0.717) is 18.1 Å². The lowest BCUT2D eigenvalue weighted by Gasteiger charge is -2.24. The standard InChI is InChI=1S/C27H28FN7O2/c1-37-23-17-20(28)21(31-25(36)8-6-15-34-13-3-2-4-14-34)18-22(23)32-27-30-12-9-24(33-27)35-16-10-19-7-5-11-29-26(19)35/h5-12,16-18H,2-4,13-15H2,1H3,(H,31,36)(H,30,32,33)/b8-6+. The van der Waals surface area contributed by atoms with Crippen LogP contribution in [0.15, 0.2) is 67.1 Å². The van der Waals surface area contributed by atoms with Crippen LogP contribution in [0.1, 0.15) is 19.3 Å². The third-order valence-corrected chi connectivity index (χ3v) is 6.21. The Morgan fingerprint density at radius 3 is 2.81 bits per heavy atom. The van der Waals surface area contributed by atoms with Gasteiger partial charge in [0.05, 0.1) is 18.5 Å². The summed E-state index contributed by atoms with van der Waals surface area (Å²) < 4.78 is 21.9. The Hall–Kier alpha value is -4.31. The molecular formula is C27H28FN7O2. The molecule has 0 spiro atoms. The zero-order chi connectivity index (χ0) is 25.6. The molecule has 9 nitrogen and oxygen atoms in total. The first-order valence-corrected chi connectivity index (χ1v) is 12.2. The SMILES string of the molecule is COc1cc(F)c(NC(=O)/C=C/CN2CCCCC2)cc1Nc1nccc(-n2ccc3cccnc32)n1. The highest BCUT2D eigenvalue weighted by atomic mass is 19.1. The van der Waals surface area contributed by atoms with Gasteiger partial charge in [0.1, 0.15) is 17.2 Å². The fourth-order valence-electron chi connectivity index (χ4n) is 4.36. The number of hydrogen-bond donors (Lipinski definition) is 2. The van der Waals surface area contributed by atoms with Crippen LogP contribution in [0.2, 0.25) is 0 Å². The van der Waals surface area contributed by atoms with Crippen molar-refractivity contribution < 1.29 is 13.9 Å². The van der Waals surface area contributed by atoms with Crippen molar-refractivity contribution in [2.75, 3.05) is 37.4 Å². The maximum absolute atomic E-state index is 14.7. The Bertz CT molecular complexity index is 1430. The second kappa shape index (κ2) is 11.2. The predicted octanol–water partition coefficient (Wildman–Crippen LogP) is 4.69. The Labute approximate surface area is 214 Å². The van der Waals surface area contributed by atoms with Crippen LogP contribution >= 0.6 is 0 Å². The van der Waals surface area contributed by atoms with Crippen molar-refractivity contribution in [3.63, 3.8) is 0 Å². The summed E-state index contributed by atoms with van der Waals surface area (Å²) in [7, 11) is 1.44. The number of aromatic nitrogens is 4. The average molecular weight is 502 g/mol. The quantitative estimate of drug-likeness (QED) is 0.338. The second-order valence-corrected chi connectivity index (χ2v) is 8.75. The van der Waals surface area contributed by atoms with E-state index in [4.69, 9.17) is 4.74 Å². The number of carbonyl (C=O) groups is 1. The van der Waals surface area contributed by atoms with E-state index in [9.17, 15) is 9.18 Å².